The van der Waals surface area contributed by atoms with Crippen molar-refractivity contribution in [3.8, 4) is 5.75 Å². The number of para-hydroxylation sites is 1. The van der Waals surface area contributed by atoms with Crippen molar-refractivity contribution in [3.05, 3.63) is 29.8 Å². The lowest BCUT2D eigenvalue weighted by molar-refractivity contribution is -0.908. The number of benzene rings is 1. The lowest BCUT2D eigenvalue weighted by Gasteiger charge is -2.23. The lowest BCUT2D eigenvalue weighted by atomic mass is 10.1. The summed E-state index contributed by atoms with van der Waals surface area (Å²) in [7, 11) is 0. The summed E-state index contributed by atoms with van der Waals surface area (Å²) in [6, 6.07) is 7.38. The monoisotopic (exact) mass is 308 g/mol. The summed E-state index contributed by atoms with van der Waals surface area (Å²) >= 11 is 0. The number of Topliss-reactive ketones (excluding diaryl/α,β-unsaturated/α-hetero) is 1. The molecule has 0 aliphatic carbocycles. The van der Waals surface area contributed by atoms with E-state index in [4.69, 9.17) is 14.2 Å². The number of carbonyl (C=O) groups is 1. The second-order valence-electron chi connectivity index (χ2n) is 5.35. The van der Waals surface area contributed by atoms with Crippen molar-refractivity contribution in [3.63, 3.8) is 0 Å². The van der Waals surface area contributed by atoms with E-state index in [1.807, 2.05) is 31.2 Å². The first-order chi connectivity index (χ1) is 10.8. The first kappa shape index (κ1) is 16.9. The van der Waals surface area contributed by atoms with Crippen LogP contribution in [0.5, 0.6) is 5.75 Å². The number of quaternary nitrogens is 1. The van der Waals surface area contributed by atoms with Crippen LogP contribution in [-0.4, -0.2) is 58.5 Å². The molecule has 0 atom stereocenters. The van der Waals surface area contributed by atoms with Crippen molar-refractivity contribution in [1.29, 1.82) is 0 Å². The SMILES string of the molecule is CCC(=O)c1ccccc1OCCOCC[NH+]1CCOCC1. The summed E-state index contributed by atoms with van der Waals surface area (Å²) < 4.78 is 16.6. The van der Waals surface area contributed by atoms with Crippen molar-refractivity contribution in [2.75, 3.05) is 52.7 Å². The molecule has 122 valence electrons. The number of hydrogen-bond acceptors (Lipinski definition) is 4. The molecule has 0 unspecified atom stereocenters. The molecule has 0 aromatic heterocycles. The number of hydrogen-bond donors (Lipinski definition) is 1. The highest BCUT2D eigenvalue weighted by Crippen LogP contribution is 2.19. The molecule has 1 aromatic carbocycles. The van der Waals surface area contributed by atoms with Crippen LogP contribution in [0.4, 0.5) is 0 Å². The second kappa shape index (κ2) is 9.56. The third-order valence-corrected chi connectivity index (χ3v) is 3.79. The maximum Gasteiger partial charge on any atom is 0.166 e. The summed E-state index contributed by atoms with van der Waals surface area (Å²) in [6.07, 6.45) is 0.485. The van der Waals surface area contributed by atoms with E-state index >= 15 is 0 Å². The zero-order chi connectivity index (χ0) is 15.6. The molecule has 2 rings (SSSR count). The second-order valence-corrected chi connectivity index (χ2v) is 5.35. The van der Waals surface area contributed by atoms with Gasteiger partial charge in [0, 0.05) is 6.42 Å². The van der Waals surface area contributed by atoms with Gasteiger partial charge in [-0.05, 0) is 12.1 Å². The Morgan fingerprint density at radius 2 is 1.95 bits per heavy atom. The Morgan fingerprint density at radius 1 is 1.18 bits per heavy atom. The van der Waals surface area contributed by atoms with Gasteiger partial charge in [0.1, 0.15) is 32.0 Å². The van der Waals surface area contributed by atoms with Crippen LogP contribution in [0.3, 0.4) is 0 Å². The molecule has 1 aromatic rings. The van der Waals surface area contributed by atoms with Gasteiger partial charge in [0.05, 0.1) is 32.0 Å². The highest BCUT2D eigenvalue weighted by Gasteiger charge is 2.13. The zero-order valence-corrected chi connectivity index (χ0v) is 13.3. The average Bonchev–Trinajstić information content (AvgIpc) is 2.58. The molecule has 22 heavy (non-hydrogen) atoms. The molecular formula is C17H26NO4+. The molecule has 1 fully saturated rings. The summed E-state index contributed by atoms with van der Waals surface area (Å²) in [6.45, 7) is 8.42. The molecule has 0 saturated carbocycles. The third-order valence-electron chi connectivity index (χ3n) is 3.79. The van der Waals surface area contributed by atoms with Crippen LogP contribution < -0.4 is 9.64 Å². The predicted molar refractivity (Wildman–Crippen MR) is 83.8 cm³/mol. The van der Waals surface area contributed by atoms with Crippen LogP contribution in [0.1, 0.15) is 23.7 Å². The Hall–Kier alpha value is -1.43. The van der Waals surface area contributed by atoms with Crippen LogP contribution in [0, 0.1) is 0 Å². The van der Waals surface area contributed by atoms with Crippen molar-refractivity contribution >= 4 is 5.78 Å². The van der Waals surface area contributed by atoms with Gasteiger partial charge in [0.2, 0.25) is 0 Å². The van der Waals surface area contributed by atoms with E-state index in [1.54, 1.807) is 0 Å². The topological polar surface area (TPSA) is 49.2 Å². The zero-order valence-electron chi connectivity index (χ0n) is 13.3. The van der Waals surface area contributed by atoms with Gasteiger partial charge >= 0.3 is 0 Å². The number of ether oxygens (including phenoxy) is 3. The Bertz CT molecular complexity index is 458. The van der Waals surface area contributed by atoms with E-state index in [9.17, 15) is 4.79 Å². The summed E-state index contributed by atoms with van der Waals surface area (Å²) in [5.74, 6) is 0.754. The number of morpholine rings is 1. The molecule has 1 aliphatic heterocycles. The van der Waals surface area contributed by atoms with Crippen LogP contribution >= 0.6 is 0 Å². The highest BCUT2D eigenvalue weighted by molar-refractivity contribution is 5.98. The Morgan fingerprint density at radius 3 is 2.73 bits per heavy atom. The fourth-order valence-electron chi connectivity index (χ4n) is 2.45. The minimum absolute atomic E-state index is 0.104. The molecular weight excluding hydrogens is 282 g/mol. The molecule has 1 saturated heterocycles. The normalized spacial score (nSPS) is 15.7. The van der Waals surface area contributed by atoms with Gasteiger partial charge in [0.15, 0.2) is 5.78 Å². The van der Waals surface area contributed by atoms with E-state index in [1.165, 1.54) is 4.90 Å². The van der Waals surface area contributed by atoms with Gasteiger partial charge in [-0.3, -0.25) is 4.79 Å². The van der Waals surface area contributed by atoms with Gasteiger partial charge in [-0.1, -0.05) is 19.1 Å². The number of nitrogens with one attached hydrogen (secondary N) is 1. The number of ketones is 1. The predicted octanol–water partition coefficient (Wildman–Crippen LogP) is 0.590. The quantitative estimate of drug-likeness (QED) is 0.536. The van der Waals surface area contributed by atoms with Gasteiger partial charge in [0.25, 0.3) is 0 Å². The van der Waals surface area contributed by atoms with Gasteiger partial charge < -0.3 is 19.1 Å². The third kappa shape index (κ3) is 5.40. The van der Waals surface area contributed by atoms with E-state index in [0.717, 1.165) is 39.5 Å². The van der Waals surface area contributed by atoms with Crippen LogP contribution in [0.15, 0.2) is 24.3 Å². The van der Waals surface area contributed by atoms with E-state index in [-0.39, 0.29) is 5.78 Å². The van der Waals surface area contributed by atoms with E-state index in [2.05, 4.69) is 0 Å². The molecule has 0 radical (unpaired) electrons. The van der Waals surface area contributed by atoms with Crippen molar-refractivity contribution in [2.24, 2.45) is 0 Å². The largest absolute Gasteiger partial charge is 0.490 e. The van der Waals surface area contributed by atoms with Crippen molar-refractivity contribution in [1.82, 2.24) is 0 Å². The maximum atomic E-state index is 11.8. The molecule has 0 bridgehead atoms. The highest BCUT2D eigenvalue weighted by atomic mass is 16.5. The molecule has 5 heteroatoms. The Kier molecular flexibility index (Phi) is 7.36. The number of rotatable bonds is 9. The molecule has 0 spiro atoms. The first-order valence-corrected chi connectivity index (χ1v) is 8.05. The smallest absolute Gasteiger partial charge is 0.166 e. The van der Waals surface area contributed by atoms with Crippen molar-refractivity contribution < 1.29 is 23.9 Å². The average molecular weight is 308 g/mol. The standard InChI is InChI=1S/C17H25NO4/c1-2-16(19)15-5-3-4-6-17(15)22-14-13-21-12-9-18-7-10-20-11-8-18/h3-6H,2,7-14H2,1H3/p+1. The van der Waals surface area contributed by atoms with Crippen LogP contribution in [0.25, 0.3) is 0 Å². The minimum atomic E-state index is 0.104. The van der Waals surface area contributed by atoms with Gasteiger partial charge in [-0.15, -0.1) is 0 Å². The Labute approximate surface area is 132 Å². The van der Waals surface area contributed by atoms with Crippen LogP contribution in [0.2, 0.25) is 0 Å². The van der Waals surface area contributed by atoms with Crippen LogP contribution in [-0.2, 0) is 9.47 Å². The molecule has 5 nitrogen and oxygen atoms in total. The lowest BCUT2D eigenvalue weighted by Crippen LogP contribution is -3.14. The van der Waals surface area contributed by atoms with Crippen molar-refractivity contribution in [2.45, 2.75) is 13.3 Å². The van der Waals surface area contributed by atoms with E-state index < -0.39 is 0 Å². The van der Waals surface area contributed by atoms with E-state index in [0.29, 0.717) is 30.9 Å². The first-order valence-electron chi connectivity index (χ1n) is 8.05. The Balaban J connectivity index is 1.63. The summed E-state index contributed by atoms with van der Waals surface area (Å²) in [4.78, 5) is 13.4. The fourth-order valence-corrected chi connectivity index (χ4v) is 2.45. The summed E-state index contributed by atoms with van der Waals surface area (Å²) in [5.41, 5.74) is 0.655. The molecule has 1 heterocycles. The van der Waals surface area contributed by atoms with Gasteiger partial charge in [-0.2, -0.15) is 0 Å². The fraction of sp³-hybridized carbons (Fsp3) is 0.588. The maximum absolute atomic E-state index is 11.8. The number of carbonyl (C=O) groups excluding carboxylic acids is 1. The molecule has 1 N–H and O–H groups in total. The van der Waals surface area contributed by atoms with Gasteiger partial charge in [-0.25, -0.2) is 0 Å². The molecule has 1 aliphatic rings. The summed E-state index contributed by atoms with van der Waals surface area (Å²) in [5, 5.41) is 0. The molecule has 0 amide bonds. The minimum Gasteiger partial charge on any atom is -0.490 e.